The van der Waals surface area contributed by atoms with Gasteiger partial charge < -0.3 is 5.32 Å². The summed E-state index contributed by atoms with van der Waals surface area (Å²) < 4.78 is 1.25. The Balaban J connectivity index is 1.16. The standard InChI is InChI=1S/C22H27N3O3S/c26-19(7-3-4-14-25-20(27)12-13-21(25)28)23-16-10-8-15(9-11-16)22-24-17-5-1-2-6-18(17)29-22/h1-2,5-6,15-16H,3-4,7-14H2,(H,23,26). The molecular weight excluding hydrogens is 386 g/mol. The summed E-state index contributed by atoms with van der Waals surface area (Å²) in [4.78, 5) is 41.5. The molecule has 29 heavy (non-hydrogen) atoms. The number of amides is 3. The highest BCUT2D eigenvalue weighted by Crippen LogP contribution is 2.36. The van der Waals surface area contributed by atoms with Gasteiger partial charge >= 0.3 is 0 Å². The molecule has 2 aromatic rings. The Bertz CT molecular complexity index is 853. The molecule has 1 saturated carbocycles. The summed E-state index contributed by atoms with van der Waals surface area (Å²) in [6.07, 6.45) is 6.60. The van der Waals surface area contributed by atoms with E-state index < -0.39 is 0 Å². The number of imide groups is 1. The molecule has 7 heteroatoms. The average molecular weight is 414 g/mol. The van der Waals surface area contributed by atoms with E-state index in [4.69, 9.17) is 4.98 Å². The van der Waals surface area contributed by atoms with Crippen LogP contribution in [0.25, 0.3) is 10.2 Å². The Morgan fingerprint density at radius 2 is 1.79 bits per heavy atom. The van der Waals surface area contributed by atoms with E-state index in [1.807, 2.05) is 6.07 Å². The number of carbonyl (C=O) groups excluding carboxylic acids is 3. The second-order valence-electron chi connectivity index (χ2n) is 8.03. The van der Waals surface area contributed by atoms with Gasteiger partial charge in [0.15, 0.2) is 0 Å². The first-order valence-corrected chi connectivity index (χ1v) is 11.4. The lowest BCUT2D eigenvalue weighted by molar-refractivity contribution is -0.138. The fraction of sp³-hybridized carbons (Fsp3) is 0.545. The van der Waals surface area contributed by atoms with E-state index in [0.717, 1.165) is 31.2 Å². The number of hydrogen-bond donors (Lipinski definition) is 1. The van der Waals surface area contributed by atoms with Crippen LogP contribution in [0.4, 0.5) is 0 Å². The van der Waals surface area contributed by atoms with Crippen molar-refractivity contribution in [1.82, 2.24) is 15.2 Å². The number of hydrogen-bond acceptors (Lipinski definition) is 5. The largest absolute Gasteiger partial charge is 0.353 e. The van der Waals surface area contributed by atoms with Gasteiger partial charge in [0.05, 0.1) is 15.2 Å². The number of rotatable bonds is 7. The van der Waals surface area contributed by atoms with Crippen molar-refractivity contribution in [2.45, 2.75) is 69.7 Å². The number of aromatic nitrogens is 1. The molecule has 0 atom stereocenters. The zero-order valence-electron chi connectivity index (χ0n) is 16.6. The Labute approximate surface area is 174 Å². The molecule has 0 spiro atoms. The first-order valence-electron chi connectivity index (χ1n) is 10.6. The lowest BCUT2D eigenvalue weighted by atomic mass is 9.86. The molecule has 1 aromatic heterocycles. The Kier molecular flexibility index (Phi) is 6.23. The molecule has 6 nitrogen and oxygen atoms in total. The van der Waals surface area contributed by atoms with Crippen molar-refractivity contribution in [2.24, 2.45) is 0 Å². The summed E-state index contributed by atoms with van der Waals surface area (Å²) >= 11 is 1.79. The van der Waals surface area contributed by atoms with E-state index >= 15 is 0 Å². The van der Waals surface area contributed by atoms with Gasteiger partial charge in [-0.2, -0.15) is 0 Å². The molecule has 2 fully saturated rings. The van der Waals surface area contributed by atoms with Crippen molar-refractivity contribution >= 4 is 39.3 Å². The van der Waals surface area contributed by atoms with Gasteiger partial charge in [-0.05, 0) is 50.7 Å². The summed E-state index contributed by atoms with van der Waals surface area (Å²) in [5.41, 5.74) is 1.08. The smallest absolute Gasteiger partial charge is 0.229 e. The third-order valence-electron chi connectivity index (χ3n) is 5.94. The van der Waals surface area contributed by atoms with Crippen molar-refractivity contribution < 1.29 is 14.4 Å². The summed E-state index contributed by atoms with van der Waals surface area (Å²) in [6, 6.07) is 8.51. The summed E-state index contributed by atoms with van der Waals surface area (Å²) in [5, 5.41) is 4.38. The highest BCUT2D eigenvalue weighted by molar-refractivity contribution is 7.18. The van der Waals surface area contributed by atoms with Crippen molar-refractivity contribution in [1.29, 1.82) is 0 Å². The van der Waals surface area contributed by atoms with Gasteiger partial charge in [0.1, 0.15) is 0 Å². The number of nitrogens with zero attached hydrogens (tertiary/aromatic N) is 2. The maximum absolute atomic E-state index is 12.2. The molecule has 0 radical (unpaired) electrons. The highest BCUT2D eigenvalue weighted by atomic mass is 32.1. The van der Waals surface area contributed by atoms with Crippen LogP contribution in [0, 0.1) is 0 Å². The fourth-order valence-electron chi connectivity index (χ4n) is 4.28. The zero-order valence-corrected chi connectivity index (χ0v) is 17.4. The molecule has 1 aromatic carbocycles. The van der Waals surface area contributed by atoms with Crippen molar-refractivity contribution in [3.05, 3.63) is 29.3 Å². The lowest BCUT2D eigenvalue weighted by Gasteiger charge is -2.28. The molecule has 3 amide bonds. The Morgan fingerprint density at radius 3 is 2.52 bits per heavy atom. The molecule has 0 bridgehead atoms. The van der Waals surface area contributed by atoms with E-state index in [1.54, 1.807) is 11.3 Å². The summed E-state index contributed by atoms with van der Waals surface area (Å²) in [5.74, 6) is 0.414. The van der Waals surface area contributed by atoms with Crippen LogP contribution in [-0.4, -0.2) is 40.2 Å². The number of benzene rings is 1. The molecule has 0 unspecified atom stereocenters. The second kappa shape index (κ2) is 9.03. The van der Waals surface area contributed by atoms with Crippen LogP contribution < -0.4 is 5.32 Å². The van der Waals surface area contributed by atoms with Crippen LogP contribution in [-0.2, 0) is 14.4 Å². The molecule has 1 saturated heterocycles. The van der Waals surface area contributed by atoms with Gasteiger partial charge in [-0.3, -0.25) is 19.3 Å². The first-order chi connectivity index (χ1) is 14.1. The minimum atomic E-state index is -0.0793. The predicted octanol–water partition coefficient (Wildman–Crippen LogP) is 3.76. The topological polar surface area (TPSA) is 79.4 Å². The van der Waals surface area contributed by atoms with E-state index in [9.17, 15) is 14.4 Å². The van der Waals surface area contributed by atoms with Gasteiger partial charge in [-0.25, -0.2) is 4.98 Å². The molecule has 4 rings (SSSR count). The third kappa shape index (κ3) is 4.83. The van der Waals surface area contributed by atoms with Gasteiger partial charge in [-0.1, -0.05) is 12.1 Å². The number of likely N-dealkylation sites (tertiary alicyclic amines) is 1. The lowest BCUT2D eigenvalue weighted by Crippen LogP contribution is -2.37. The first kappa shape index (κ1) is 20.0. The Morgan fingerprint density at radius 1 is 1.07 bits per heavy atom. The SMILES string of the molecule is O=C(CCCCN1C(=O)CCC1=O)NC1CCC(c2nc3ccccc3s2)CC1. The molecular formula is C22H27N3O3S. The van der Waals surface area contributed by atoms with Crippen molar-refractivity contribution in [2.75, 3.05) is 6.54 Å². The van der Waals surface area contributed by atoms with Gasteiger partial charge in [0.2, 0.25) is 17.7 Å². The predicted molar refractivity (Wildman–Crippen MR) is 113 cm³/mol. The normalized spacial score (nSPS) is 22.4. The van der Waals surface area contributed by atoms with Crippen LogP contribution in [0.1, 0.15) is 68.7 Å². The van der Waals surface area contributed by atoms with Crippen LogP contribution in [0.15, 0.2) is 24.3 Å². The molecule has 154 valence electrons. The van der Waals surface area contributed by atoms with Crippen molar-refractivity contribution in [3.63, 3.8) is 0 Å². The summed E-state index contributed by atoms with van der Waals surface area (Å²) in [7, 11) is 0. The summed E-state index contributed by atoms with van der Waals surface area (Å²) in [6.45, 7) is 0.443. The van der Waals surface area contributed by atoms with E-state index in [-0.39, 0.29) is 23.8 Å². The van der Waals surface area contributed by atoms with Crippen LogP contribution in [0.2, 0.25) is 0 Å². The monoisotopic (exact) mass is 413 g/mol. The maximum atomic E-state index is 12.2. The maximum Gasteiger partial charge on any atom is 0.229 e. The minimum Gasteiger partial charge on any atom is -0.353 e. The zero-order chi connectivity index (χ0) is 20.2. The Hall–Kier alpha value is -2.28. The number of unbranched alkanes of at least 4 members (excludes halogenated alkanes) is 1. The fourth-order valence-corrected chi connectivity index (χ4v) is 5.41. The highest BCUT2D eigenvalue weighted by Gasteiger charge is 2.28. The van der Waals surface area contributed by atoms with E-state index in [2.05, 4.69) is 23.5 Å². The number of fused-ring (bicyclic) bond motifs is 1. The van der Waals surface area contributed by atoms with E-state index in [0.29, 0.717) is 44.6 Å². The van der Waals surface area contributed by atoms with Crippen LogP contribution in [0.3, 0.4) is 0 Å². The number of nitrogens with one attached hydrogen (secondary N) is 1. The number of thiazole rings is 1. The quantitative estimate of drug-likeness (QED) is 0.554. The van der Waals surface area contributed by atoms with Crippen LogP contribution in [0.5, 0.6) is 0 Å². The van der Waals surface area contributed by atoms with E-state index in [1.165, 1.54) is 14.6 Å². The molecule has 2 heterocycles. The molecule has 1 aliphatic heterocycles. The number of carbonyl (C=O) groups is 3. The molecule has 2 aliphatic rings. The van der Waals surface area contributed by atoms with Gasteiger partial charge in [-0.15, -0.1) is 11.3 Å². The average Bonchev–Trinajstić information content (AvgIpc) is 3.29. The van der Waals surface area contributed by atoms with Gasteiger partial charge in [0, 0.05) is 37.8 Å². The second-order valence-corrected chi connectivity index (χ2v) is 9.09. The minimum absolute atomic E-state index is 0.0764. The van der Waals surface area contributed by atoms with Gasteiger partial charge in [0.25, 0.3) is 0 Å². The van der Waals surface area contributed by atoms with Crippen molar-refractivity contribution in [3.8, 4) is 0 Å². The molecule has 1 aliphatic carbocycles. The van der Waals surface area contributed by atoms with Crippen LogP contribution >= 0.6 is 11.3 Å². The molecule has 1 N–H and O–H groups in total. The third-order valence-corrected chi connectivity index (χ3v) is 7.14. The number of para-hydroxylation sites is 1.